The Balaban J connectivity index is 3.50. The Morgan fingerprint density at radius 2 is 2.25 bits per heavy atom. The maximum absolute atomic E-state index is 5.26. The monoisotopic (exact) mass is 130 g/mol. The van der Waals surface area contributed by atoms with Gasteiger partial charge in [0.2, 0.25) is 0 Å². The van der Waals surface area contributed by atoms with E-state index in [1.807, 2.05) is 0 Å². The minimum absolute atomic E-state index is 0.268. The highest BCUT2D eigenvalue weighted by Crippen LogP contribution is 1.93. The number of rotatable bonds is 2. The molecule has 0 bridgehead atoms. The van der Waals surface area contributed by atoms with E-state index in [1.54, 1.807) is 7.05 Å². The van der Waals surface area contributed by atoms with Crippen molar-refractivity contribution in [2.24, 2.45) is 9.98 Å². The van der Waals surface area contributed by atoms with Gasteiger partial charge < -0.3 is 0 Å². The zero-order chi connectivity index (χ0) is 6.41. The van der Waals surface area contributed by atoms with Crippen molar-refractivity contribution in [3.63, 3.8) is 0 Å². The fourth-order valence-electron chi connectivity index (χ4n) is 0.181. The molecule has 0 saturated heterocycles. The molecule has 8 heavy (non-hydrogen) atoms. The number of hydrogen-bond acceptors (Lipinski definition) is 2. The molecule has 0 rings (SSSR count). The van der Waals surface area contributed by atoms with Gasteiger partial charge in [-0.25, -0.2) is 4.99 Å². The predicted octanol–water partition coefficient (Wildman–Crippen LogP) is 1.47. The number of hydrogen-bond donors (Lipinski definition) is 0. The summed E-state index contributed by atoms with van der Waals surface area (Å²) in [5, 5.41) is 0.268. The van der Waals surface area contributed by atoms with Crippen LogP contribution in [0.5, 0.6) is 0 Å². The summed E-state index contributed by atoms with van der Waals surface area (Å²) in [4.78, 5) is 7.24. The molecule has 0 saturated carbocycles. The highest BCUT2D eigenvalue weighted by Gasteiger charge is 1.70. The standard InChI is InChI=1S/C5H7ClN2/c1-5(6)8-4-3-7-2/h3-4H,1H2,2H3. The molecule has 0 aromatic carbocycles. The van der Waals surface area contributed by atoms with Crippen LogP contribution in [0.1, 0.15) is 0 Å². The number of aliphatic imine (C=N–C) groups is 2. The van der Waals surface area contributed by atoms with Crippen LogP contribution in [0.25, 0.3) is 0 Å². The summed E-state index contributed by atoms with van der Waals surface area (Å²) >= 11 is 5.26. The third-order valence-electron chi connectivity index (χ3n) is 0.430. The van der Waals surface area contributed by atoms with Crippen LogP contribution in [0.3, 0.4) is 0 Å². The third kappa shape index (κ3) is 5.37. The van der Waals surface area contributed by atoms with Gasteiger partial charge in [-0.05, 0) is 0 Å². The lowest BCUT2D eigenvalue weighted by Gasteiger charge is -1.75. The van der Waals surface area contributed by atoms with E-state index in [1.165, 1.54) is 12.4 Å². The fraction of sp³-hybridized carbons (Fsp3) is 0.200. The SMILES string of the molecule is C=C(Cl)N=CC=NC. The Morgan fingerprint density at radius 3 is 2.62 bits per heavy atom. The quantitative estimate of drug-likeness (QED) is 0.400. The Labute approximate surface area is 53.6 Å². The van der Waals surface area contributed by atoms with E-state index in [9.17, 15) is 0 Å². The van der Waals surface area contributed by atoms with Crippen LogP contribution in [0.4, 0.5) is 0 Å². The highest BCUT2D eigenvalue weighted by atomic mass is 35.5. The first-order chi connectivity index (χ1) is 3.77. The molecule has 0 N–H and O–H groups in total. The van der Waals surface area contributed by atoms with E-state index in [0.29, 0.717) is 0 Å². The van der Waals surface area contributed by atoms with Crippen LogP contribution in [-0.4, -0.2) is 19.5 Å². The van der Waals surface area contributed by atoms with Crippen LogP contribution < -0.4 is 0 Å². The molecule has 0 fully saturated rings. The van der Waals surface area contributed by atoms with Crippen LogP contribution in [0.15, 0.2) is 21.7 Å². The zero-order valence-corrected chi connectivity index (χ0v) is 5.39. The molecule has 0 unspecified atom stereocenters. The Morgan fingerprint density at radius 1 is 1.62 bits per heavy atom. The molecule has 2 nitrogen and oxygen atoms in total. The molecule has 0 amide bonds. The Hall–Kier alpha value is -0.630. The van der Waals surface area contributed by atoms with Gasteiger partial charge >= 0.3 is 0 Å². The van der Waals surface area contributed by atoms with Gasteiger partial charge in [0.15, 0.2) is 0 Å². The molecule has 3 heteroatoms. The van der Waals surface area contributed by atoms with E-state index >= 15 is 0 Å². The average Bonchev–Trinajstić information content (AvgIpc) is 1.66. The minimum atomic E-state index is 0.268. The van der Waals surface area contributed by atoms with Crippen LogP contribution in [-0.2, 0) is 0 Å². The van der Waals surface area contributed by atoms with Crippen molar-refractivity contribution in [1.29, 1.82) is 0 Å². The second-order valence-electron chi connectivity index (χ2n) is 1.06. The molecule has 0 aromatic rings. The number of halogens is 1. The van der Waals surface area contributed by atoms with Crippen molar-refractivity contribution in [3.8, 4) is 0 Å². The largest absolute Gasteiger partial charge is 0.295 e. The van der Waals surface area contributed by atoms with E-state index in [0.717, 1.165) is 0 Å². The first kappa shape index (κ1) is 7.37. The second kappa shape index (κ2) is 4.53. The van der Waals surface area contributed by atoms with E-state index in [2.05, 4.69) is 16.6 Å². The first-order valence-electron chi connectivity index (χ1n) is 2.06. The van der Waals surface area contributed by atoms with Crippen molar-refractivity contribution in [2.45, 2.75) is 0 Å². The van der Waals surface area contributed by atoms with Crippen LogP contribution in [0.2, 0.25) is 0 Å². The summed E-state index contributed by atoms with van der Waals surface area (Å²) in [6.45, 7) is 3.33. The second-order valence-corrected chi connectivity index (χ2v) is 1.50. The lowest BCUT2D eigenvalue weighted by atomic mass is 10.8. The summed E-state index contributed by atoms with van der Waals surface area (Å²) in [6.07, 6.45) is 3.02. The van der Waals surface area contributed by atoms with Gasteiger partial charge in [-0.15, -0.1) is 0 Å². The van der Waals surface area contributed by atoms with E-state index < -0.39 is 0 Å². The van der Waals surface area contributed by atoms with Crippen molar-refractivity contribution in [2.75, 3.05) is 7.05 Å². The molecular formula is C5H7ClN2. The smallest absolute Gasteiger partial charge is 0.121 e. The first-order valence-corrected chi connectivity index (χ1v) is 2.44. The molecule has 0 aliphatic carbocycles. The van der Waals surface area contributed by atoms with E-state index in [-0.39, 0.29) is 5.16 Å². The van der Waals surface area contributed by atoms with Gasteiger partial charge in [0.05, 0.1) is 0 Å². The molecule has 0 aliphatic heterocycles. The summed E-state index contributed by atoms with van der Waals surface area (Å²) in [5.41, 5.74) is 0. The van der Waals surface area contributed by atoms with Gasteiger partial charge in [-0.2, -0.15) is 0 Å². The Bertz CT molecular complexity index is 126. The lowest BCUT2D eigenvalue weighted by molar-refractivity contribution is 1.48. The molecular weight excluding hydrogens is 124 g/mol. The topological polar surface area (TPSA) is 24.7 Å². The average molecular weight is 131 g/mol. The third-order valence-corrected chi connectivity index (χ3v) is 0.528. The molecule has 0 spiro atoms. The van der Waals surface area contributed by atoms with Gasteiger partial charge in [0.25, 0.3) is 0 Å². The van der Waals surface area contributed by atoms with Crippen molar-refractivity contribution >= 4 is 24.0 Å². The summed E-state index contributed by atoms with van der Waals surface area (Å²) in [6, 6.07) is 0. The molecule has 0 aromatic heterocycles. The lowest BCUT2D eigenvalue weighted by Crippen LogP contribution is -1.72. The van der Waals surface area contributed by atoms with Crippen LogP contribution >= 0.6 is 11.6 Å². The van der Waals surface area contributed by atoms with Crippen LogP contribution in [0, 0.1) is 0 Å². The molecule has 0 aliphatic rings. The van der Waals surface area contributed by atoms with Crippen molar-refractivity contribution in [3.05, 3.63) is 11.7 Å². The molecule has 44 valence electrons. The maximum Gasteiger partial charge on any atom is 0.121 e. The summed E-state index contributed by atoms with van der Waals surface area (Å²) in [5.74, 6) is 0. The summed E-state index contributed by atoms with van der Waals surface area (Å²) < 4.78 is 0. The predicted molar refractivity (Wildman–Crippen MR) is 37.9 cm³/mol. The van der Waals surface area contributed by atoms with E-state index in [4.69, 9.17) is 11.6 Å². The van der Waals surface area contributed by atoms with Crippen molar-refractivity contribution < 1.29 is 0 Å². The van der Waals surface area contributed by atoms with Gasteiger partial charge in [0.1, 0.15) is 5.16 Å². The minimum Gasteiger partial charge on any atom is -0.295 e. The molecule has 0 atom stereocenters. The van der Waals surface area contributed by atoms with Gasteiger partial charge in [0, 0.05) is 19.5 Å². The highest BCUT2D eigenvalue weighted by molar-refractivity contribution is 6.30. The molecule has 0 heterocycles. The van der Waals surface area contributed by atoms with Gasteiger partial charge in [-0.1, -0.05) is 18.2 Å². The summed E-state index contributed by atoms with van der Waals surface area (Å²) in [7, 11) is 1.66. The molecule has 0 radical (unpaired) electrons. The van der Waals surface area contributed by atoms with Crippen molar-refractivity contribution in [1.82, 2.24) is 0 Å². The maximum atomic E-state index is 5.26. The number of nitrogens with zero attached hydrogens (tertiary/aromatic N) is 2. The van der Waals surface area contributed by atoms with Gasteiger partial charge in [-0.3, -0.25) is 4.99 Å². The Kier molecular flexibility index (Phi) is 4.17. The normalized spacial score (nSPS) is 11.2. The fourth-order valence-corrected chi connectivity index (χ4v) is 0.237. The zero-order valence-electron chi connectivity index (χ0n) is 4.63.